The molecule has 0 bridgehead atoms. The number of phenols is 4. The summed E-state index contributed by atoms with van der Waals surface area (Å²) in [5.74, 6) is -0.204. The number of aromatic hydroxyl groups is 4. The number of β-amino-alcohol motifs (C(OH)–C–C–N with tert-alkyl or cyclic N) is 2. The molecule has 0 saturated heterocycles. The van der Waals surface area contributed by atoms with Crippen molar-refractivity contribution in [2.24, 2.45) is 0 Å². The molecule has 2 aromatic carbocycles. The van der Waals surface area contributed by atoms with Gasteiger partial charge in [-0.15, -0.1) is 0 Å². The first-order valence-corrected chi connectivity index (χ1v) is 12.5. The molecule has 0 aliphatic carbocycles. The molecule has 0 heterocycles. The fourth-order valence-electron chi connectivity index (χ4n) is 2.66. The van der Waals surface area contributed by atoms with E-state index in [4.69, 9.17) is 17.5 Å². The van der Waals surface area contributed by atoms with Crippen LogP contribution in [0.2, 0.25) is 0 Å². The minimum atomic E-state index is -5.17. The number of benzene rings is 2. The SMILES string of the molecule is CC(C)(C)NCC(O)c1cc(O)cc(O)c1.CC(C)(C)NCC(O)c1cc(O)cc(O)c1.O=S(=O)([O-])[O-]. The van der Waals surface area contributed by atoms with Gasteiger partial charge in [0.2, 0.25) is 0 Å². The lowest BCUT2D eigenvalue weighted by molar-refractivity contribution is 0.162. The molecule has 2 rings (SSSR count). The predicted molar refractivity (Wildman–Crippen MR) is 135 cm³/mol. The maximum absolute atomic E-state index is 9.85. The quantitative estimate of drug-likeness (QED) is 0.191. The Morgan fingerprint density at radius 2 is 0.865 bits per heavy atom. The number of hydrogen-bond acceptors (Lipinski definition) is 12. The lowest BCUT2D eigenvalue weighted by Crippen LogP contribution is -2.38. The van der Waals surface area contributed by atoms with Crippen LogP contribution >= 0.6 is 0 Å². The molecule has 2 aromatic rings. The average molecular weight is 547 g/mol. The molecule has 8 N–H and O–H groups in total. The molecule has 2 unspecified atom stereocenters. The van der Waals surface area contributed by atoms with Crippen molar-refractivity contribution in [3.8, 4) is 23.0 Å². The number of aliphatic hydroxyl groups is 2. The van der Waals surface area contributed by atoms with Gasteiger partial charge in [0, 0.05) is 46.7 Å². The second-order valence-electron chi connectivity index (χ2n) is 10.3. The summed E-state index contributed by atoms with van der Waals surface area (Å²) in [7, 11) is -5.17. The van der Waals surface area contributed by atoms with E-state index in [2.05, 4.69) is 10.6 Å². The van der Waals surface area contributed by atoms with E-state index in [9.17, 15) is 30.6 Å². The standard InChI is InChI=1S/2C12H19NO3.H2O4S/c2*1-12(2,3)13-7-11(16)8-4-9(14)6-10(15)5-8;1-5(2,3)4/h2*4-6,11,13-16H,7H2,1-3H3;(H2,1,2,3,4)/p-2. The lowest BCUT2D eigenvalue weighted by Gasteiger charge is -2.23. The van der Waals surface area contributed by atoms with Crippen molar-refractivity contribution in [3.05, 3.63) is 47.5 Å². The fourth-order valence-corrected chi connectivity index (χ4v) is 2.66. The lowest BCUT2D eigenvalue weighted by atomic mass is 10.1. The van der Waals surface area contributed by atoms with Crippen molar-refractivity contribution >= 4 is 10.4 Å². The Morgan fingerprint density at radius 3 is 1.05 bits per heavy atom. The molecule has 37 heavy (non-hydrogen) atoms. The highest BCUT2D eigenvalue weighted by molar-refractivity contribution is 7.79. The van der Waals surface area contributed by atoms with E-state index >= 15 is 0 Å². The van der Waals surface area contributed by atoms with E-state index in [1.165, 1.54) is 36.4 Å². The van der Waals surface area contributed by atoms with Crippen molar-refractivity contribution in [1.29, 1.82) is 0 Å². The van der Waals surface area contributed by atoms with Gasteiger partial charge in [0.25, 0.3) is 0 Å². The third-order valence-corrected chi connectivity index (χ3v) is 4.27. The predicted octanol–water partition coefficient (Wildman–Crippen LogP) is 1.70. The average Bonchev–Trinajstić information content (AvgIpc) is 2.67. The van der Waals surface area contributed by atoms with Gasteiger partial charge in [-0.25, -0.2) is 0 Å². The van der Waals surface area contributed by atoms with Crippen LogP contribution in [0.15, 0.2) is 36.4 Å². The molecule has 0 fully saturated rings. The molecule has 0 aliphatic rings. The second-order valence-corrected chi connectivity index (χ2v) is 11.1. The van der Waals surface area contributed by atoms with E-state index in [1.54, 1.807) is 0 Å². The Kier molecular flexibility index (Phi) is 13.3. The highest BCUT2D eigenvalue weighted by Crippen LogP contribution is 2.25. The number of phenolic OH excluding ortho intramolecular Hbond substituents is 4. The summed E-state index contributed by atoms with van der Waals surface area (Å²) in [6.45, 7) is 12.7. The molecule has 212 valence electrons. The van der Waals surface area contributed by atoms with Gasteiger partial charge in [-0.1, -0.05) is 0 Å². The van der Waals surface area contributed by atoms with E-state index in [1.807, 2.05) is 41.5 Å². The summed E-state index contributed by atoms with van der Waals surface area (Å²) in [5, 5.41) is 63.1. The molecule has 2 atom stereocenters. The van der Waals surface area contributed by atoms with Gasteiger partial charge in [-0.3, -0.25) is 8.42 Å². The van der Waals surface area contributed by atoms with Crippen molar-refractivity contribution in [2.75, 3.05) is 13.1 Å². The van der Waals surface area contributed by atoms with E-state index in [0.717, 1.165) is 0 Å². The first kappa shape index (κ1) is 34.4. The van der Waals surface area contributed by atoms with Crippen LogP contribution in [0.3, 0.4) is 0 Å². The fraction of sp³-hybridized carbons (Fsp3) is 0.500. The number of aliphatic hydroxyl groups excluding tert-OH is 2. The summed E-state index contributed by atoms with van der Waals surface area (Å²) < 4.78 is 34.1. The zero-order chi connectivity index (χ0) is 29.2. The van der Waals surface area contributed by atoms with Crippen LogP contribution in [0.25, 0.3) is 0 Å². The van der Waals surface area contributed by atoms with Gasteiger partial charge in [-0.05, 0) is 76.9 Å². The molecular weight excluding hydrogens is 508 g/mol. The van der Waals surface area contributed by atoms with E-state index in [0.29, 0.717) is 24.2 Å². The minimum Gasteiger partial charge on any atom is -0.759 e. The van der Waals surface area contributed by atoms with Gasteiger partial charge in [0.1, 0.15) is 23.0 Å². The summed E-state index contributed by atoms with van der Waals surface area (Å²) in [6.07, 6.45) is -1.51. The Morgan fingerprint density at radius 1 is 0.649 bits per heavy atom. The maximum atomic E-state index is 9.85. The molecule has 0 aliphatic heterocycles. The van der Waals surface area contributed by atoms with Crippen LogP contribution < -0.4 is 10.6 Å². The summed E-state index contributed by atoms with van der Waals surface area (Å²) in [4.78, 5) is 0. The van der Waals surface area contributed by atoms with Crippen LogP contribution in [0, 0.1) is 0 Å². The third-order valence-electron chi connectivity index (χ3n) is 4.27. The van der Waals surface area contributed by atoms with Gasteiger partial charge in [0.05, 0.1) is 12.2 Å². The van der Waals surface area contributed by atoms with Gasteiger partial charge in [0.15, 0.2) is 0 Å². The Balaban J connectivity index is 0.000000594. The van der Waals surface area contributed by atoms with Crippen LogP contribution in [0.4, 0.5) is 0 Å². The Bertz CT molecular complexity index is 960. The third kappa shape index (κ3) is 19.2. The number of nitrogens with one attached hydrogen (secondary N) is 2. The Hall–Kier alpha value is -2.65. The largest absolute Gasteiger partial charge is 0.759 e. The highest BCUT2D eigenvalue weighted by atomic mass is 32.3. The molecule has 0 saturated carbocycles. The molecular formula is C24H38N2O10S-2. The van der Waals surface area contributed by atoms with Crippen LogP contribution in [-0.4, -0.2) is 72.3 Å². The maximum Gasteiger partial charge on any atom is 0.119 e. The second kappa shape index (κ2) is 14.3. The van der Waals surface area contributed by atoms with Crippen LogP contribution in [0.1, 0.15) is 64.9 Å². The molecule has 0 spiro atoms. The summed E-state index contributed by atoms with van der Waals surface area (Å²) in [5.41, 5.74) is 0.822. The number of hydrogen-bond donors (Lipinski definition) is 8. The summed E-state index contributed by atoms with van der Waals surface area (Å²) >= 11 is 0. The molecule has 0 amide bonds. The van der Waals surface area contributed by atoms with Gasteiger partial charge < -0.3 is 50.4 Å². The van der Waals surface area contributed by atoms with Crippen molar-refractivity contribution < 1.29 is 48.2 Å². The van der Waals surface area contributed by atoms with Crippen molar-refractivity contribution in [1.82, 2.24) is 10.6 Å². The van der Waals surface area contributed by atoms with Gasteiger partial charge >= 0.3 is 0 Å². The summed E-state index contributed by atoms with van der Waals surface area (Å²) in [6, 6.07) is 8.22. The first-order valence-electron chi connectivity index (χ1n) is 11.1. The van der Waals surface area contributed by atoms with Gasteiger partial charge in [-0.2, -0.15) is 0 Å². The normalized spacial score (nSPS) is 13.5. The van der Waals surface area contributed by atoms with E-state index < -0.39 is 22.6 Å². The molecule has 0 aromatic heterocycles. The topological polar surface area (TPSA) is 226 Å². The first-order chi connectivity index (χ1) is 16.6. The zero-order valence-corrected chi connectivity index (χ0v) is 22.6. The minimum absolute atomic E-state index is 0.0511. The van der Waals surface area contributed by atoms with E-state index in [-0.39, 0.29) is 34.1 Å². The smallest absolute Gasteiger partial charge is 0.119 e. The molecule has 12 nitrogen and oxygen atoms in total. The molecule has 0 radical (unpaired) electrons. The van der Waals surface area contributed by atoms with Crippen molar-refractivity contribution in [3.63, 3.8) is 0 Å². The molecule has 13 heteroatoms. The van der Waals surface area contributed by atoms with Crippen molar-refractivity contribution in [2.45, 2.75) is 64.8 Å². The highest BCUT2D eigenvalue weighted by Gasteiger charge is 2.15. The Labute approximate surface area is 217 Å². The monoisotopic (exact) mass is 546 g/mol. The zero-order valence-electron chi connectivity index (χ0n) is 21.8. The number of rotatable bonds is 6. The van der Waals surface area contributed by atoms with Crippen LogP contribution in [0.5, 0.6) is 23.0 Å². The van der Waals surface area contributed by atoms with Crippen LogP contribution in [-0.2, 0) is 10.4 Å².